The van der Waals surface area contributed by atoms with Crippen LogP contribution in [0.4, 0.5) is 0 Å². The van der Waals surface area contributed by atoms with Crippen molar-refractivity contribution < 1.29 is 5.11 Å². The van der Waals surface area contributed by atoms with Gasteiger partial charge >= 0.3 is 0 Å². The van der Waals surface area contributed by atoms with Crippen LogP contribution >= 0.6 is 15.9 Å². The Morgan fingerprint density at radius 3 is 2.73 bits per heavy atom. The molecule has 0 aliphatic rings. The second-order valence-corrected chi connectivity index (χ2v) is 4.32. The molecule has 0 atom stereocenters. The van der Waals surface area contributed by atoms with E-state index in [1.54, 1.807) is 0 Å². The van der Waals surface area contributed by atoms with Crippen LogP contribution < -0.4 is 0 Å². The maximum Gasteiger partial charge on any atom is 0.0992 e. The maximum atomic E-state index is 8.62. The molecule has 0 radical (unpaired) electrons. The predicted molar refractivity (Wildman–Crippen MR) is 65.6 cm³/mol. The molecule has 0 saturated heterocycles. The topological polar surface area (TPSA) is 38.1 Å². The Labute approximate surface area is 98.9 Å². The van der Waals surface area contributed by atoms with Gasteiger partial charge in [0.2, 0.25) is 0 Å². The highest BCUT2D eigenvalue weighted by Crippen LogP contribution is 2.21. The van der Waals surface area contributed by atoms with Crippen molar-refractivity contribution in [3.8, 4) is 0 Å². The fourth-order valence-electron chi connectivity index (χ4n) is 1.28. The summed E-state index contributed by atoms with van der Waals surface area (Å²) in [6.45, 7) is 2.31. The van der Waals surface area contributed by atoms with Crippen molar-refractivity contribution in [1.82, 2.24) is 9.78 Å². The van der Waals surface area contributed by atoms with E-state index in [1.807, 2.05) is 24.7 Å². The Bertz CT molecular complexity index is 345. The van der Waals surface area contributed by atoms with Crippen LogP contribution in [0, 0.1) is 6.92 Å². The first-order valence-corrected chi connectivity index (χ1v) is 5.92. The standard InChI is InChI=1S/C11H17BrN2O/c1-9-11(12)10(13-14(9)2)7-5-3-4-6-8-15/h5,7,15H,3-4,6,8H2,1-2H3/b7-5-. The van der Waals surface area contributed by atoms with Crippen LogP contribution in [-0.2, 0) is 7.05 Å². The molecular weight excluding hydrogens is 256 g/mol. The van der Waals surface area contributed by atoms with Gasteiger partial charge in [-0.3, -0.25) is 4.68 Å². The predicted octanol–water partition coefficient (Wildman–Crippen LogP) is 2.67. The lowest BCUT2D eigenvalue weighted by atomic mass is 10.2. The molecule has 1 aromatic rings. The van der Waals surface area contributed by atoms with Gasteiger partial charge in [-0.25, -0.2) is 0 Å². The lowest BCUT2D eigenvalue weighted by Gasteiger charge is -1.91. The number of nitrogens with zero attached hydrogens (tertiary/aromatic N) is 2. The van der Waals surface area contributed by atoms with Crippen molar-refractivity contribution in [1.29, 1.82) is 0 Å². The van der Waals surface area contributed by atoms with Crippen LogP contribution in [0.1, 0.15) is 30.7 Å². The Morgan fingerprint density at radius 2 is 2.20 bits per heavy atom. The first-order valence-electron chi connectivity index (χ1n) is 5.13. The number of allylic oxidation sites excluding steroid dienone is 1. The number of aromatic nitrogens is 2. The Balaban J connectivity index is 2.53. The highest BCUT2D eigenvalue weighted by Gasteiger charge is 2.06. The number of hydrogen-bond donors (Lipinski definition) is 1. The van der Waals surface area contributed by atoms with Crippen molar-refractivity contribution in [3.05, 3.63) is 21.9 Å². The number of unbranched alkanes of at least 4 members (excludes halogenated alkanes) is 2. The third kappa shape index (κ3) is 3.47. The summed E-state index contributed by atoms with van der Waals surface area (Å²) in [7, 11) is 1.93. The molecular formula is C11H17BrN2O. The van der Waals surface area contributed by atoms with Crippen LogP contribution in [0.3, 0.4) is 0 Å². The third-order valence-corrected chi connectivity index (χ3v) is 3.32. The van der Waals surface area contributed by atoms with Gasteiger partial charge in [0.25, 0.3) is 0 Å². The van der Waals surface area contributed by atoms with Crippen molar-refractivity contribution >= 4 is 22.0 Å². The minimum Gasteiger partial charge on any atom is -0.396 e. The van der Waals surface area contributed by atoms with Crippen LogP contribution in [0.5, 0.6) is 0 Å². The summed E-state index contributed by atoms with van der Waals surface area (Å²) in [6.07, 6.45) is 7.00. The van der Waals surface area contributed by atoms with Gasteiger partial charge in [-0.05, 0) is 48.2 Å². The lowest BCUT2D eigenvalue weighted by molar-refractivity contribution is 0.285. The number of aryl methyl sites for hydroxylation is 1. The van der Waals surface area contributed by atoms with Gasteiger partial charge < -0.3 is 5.11 Å². The zero-order chi connectivity index (χ0) is 11.3. The molecule has 0 fully saturated rings. The van der Waals surface area contributed by atoms with Crippen molar-refractivity contribution in [2.24, 2.45) is 7.05 Å². The molecule has 0 aromatic carbocycles. The lowest BCUT2D eigenvalue weighted by Crippen LogP contribution is -1.92. The van der Waals surface area contributed by atoms with Gasteiger partial charge in [-0.2, -0.15) is 5.10 Å². The summed E-state index contributed by atoms with van der Waals surface area (Å²) >= 11 is 3.51. The average molecular weight is 273 g/mol. The fourth-order valence-corrected chi connectivity index (χ4v) is 1.75. The van der Waals surface area contributed by atoms with Crippen molar-refractivity contribution in [3.63, 3.8) is 0 Å². The number of aliphatic hydroxyl groups excluding tert-OH is 1. The molecule has 0 spiro atoms. The summed E-state index contributed by atoms with van der Waals surface area (Å²) in [5, 5.41) is 13.0. The van der Waals surface area contributed by atoms with E-state index in [0.29, 0.717) is 0 Å². The van der Waals surface area contributed by atoms with Crippen LogP contribution in [0.25, 0.3) is 6.08 Å². The zero-order valence-electron chi connectivity index (χ0n) is 9.20. The van der Waals surface area contributed by atoms with E-state index in [4.69, 9.17) is 5.11 Å². The van der Waals surface area contributed by atoms with E-state index < -0.39 is 0 Å². The van der Waals surface area contributed by atoms with Crippen LogP contribution in [0.2, 0.25) is 0 Å². The monoisotopic (exact) mass is 272 g/mol. The summed E-state index contributed by atoms with van der Waals surface area (Å²) in [6, 6.07) is 0. The molecule has 0 saturated carbocycles. The number of aliphatic hydroxyl groups is 1. The van der Waals surface area contributed by atoms with Crippen molar-refractivity contribution in [2.75, 3.05) is 6.61 Å². The minimum atomic E-state index is 0.278. The number of rotatable bonds is 5. The van der Waals surface area contributed by atoms with E-state index in [2.05, 4.69) is 27.1 Å². The molecule has 15 heavy (non-hydrogen) atoms. The van der Waals surface area contributed by atoms with Gasteiger partial charge in [0.1, 0.15) is 0 Å². The second-order valence-electron chi connectivity index (χ2n) is 3.53. The molecule has 1 heterocycles. The maximum absolute atomic E-state index is 8.62. The molecule has 1 rings (SSSR count). The summed E-state index contributed by atoms with van der Waals surface area (Å²) in [4.78, 5) is 0. The Kier molecular flexibility index (Phi) is 5.05. The van der Waals surface area contributed by atoms with E-state index >= 15 is 0 Å². The molecule has 84 valence electrons. The van der Waals surface area contributed by atoms with E-state index in [1.165, 1.54) is 0 Å². The smallest absolute Gasteiger partial charge is 0.0992 e. The Morgan fingerprint density at radius 1 is 1.47 bits per heavy atom. The molecule has 0 aliphatic heterocycles. The van der Waals surface area contributed by atoms with Gasteiger partial charge in [0, 0.05) is 19.3 Å². The molecule has 0 bridgehead atoms. The van der Waals surface area contributed by atoms with E-state index in [-0.39, 0.29) is 6.61 Å². The number of halogens is 1. The average Bonchev–Trinajstić information content (AvgIpc) is 2.46. The van der Waals surface area contributed by atoms with Crippen LogP contribution in [-0.4, -0.2) is 21.5 Å². The fraction of sp³-hybridized carbons (Fsp3) is 0.545. The SMILES string of the molecule is Cc1c(Br)c(/C=C\CCCCO)nn1C. The van der Waals surface area contributed by atoms with Crippen molar-refractivity contribution in [2.45, 2.75) is 26.2 Å². The zero-order valence-corrected chi connectivity index (χ0v) is 10.8. The first kappa shape index (κ1) is 12.5. The van der Waals surface area contributed by atoms with Gasteiger partial charge in [-0.1, -0.05) is 6.08 Å². The van der Waals surface area contributed by atoms with Gasteiger partial charge in [-0.15, -0.1) is 0 Å². The molecule has 3 nitrogen and oxygen atoms in total. The third-order valence-electron chi connectivity index (χ3n) is 2.34. The summed E-state index contributed by atoms with van der Waals surface area (Å²) in [5.41, 5.74) is 2.10. The van der Waals surface area contributed by atoms with Crippen LogP contribution in [0.15, 0.2) is 10.5 Å². The molecule has 0 amide bonds. The summed E-state index contributed by atoms with van der Waals surface area (Å²) < 4.78 is 2.92. The van der Waals surface area contributed by atoms with E-state index in [9.17, 15) is 0 Å². The Hall–Kier alpha value is -0.610. The molecule has 1 aromatic heterocycles. The highest BCUT2D eigenvalue weighted by atomic mass is 79.9. The minimum absolute atomic E-state index is 0.278. The normalized spacial score (nSPS) is 11.5. The largest absolute Gasteiger partial charge is 0.396 e. The first-order chi connectivity index (χ1) is 7.16. The molecule has 0 unspecified atom stereocenters. The van der Waals surface area contributed by atoms with Gasteiger partial charge in [0.15, 0.2) is 0 Å². The summed E-state index contributed by atoms with van der Waals surface area (Å²) in [5.74, 6) is 0. The molecule has 0 aliphatic carbocycles. The van der Waals surface area contributed by atoms with E-state index in [0.717, 1.165) is 35.1 Å². The molecule has 4 heteroatoms. The quantitative estimate of drug-likeness (QED) is 0.837. The highest BCUT2D eigenvalue weighted by molar-refractivity contribution is 9.10. The molecule has 1 N–H and O–H groups in total. The van der Waals surface area contributed by atoms with Gasteiger partial charge in [0.05, 0.1) is 10.2 Å². The number of hydrogen-bond acceptors (Lipinski definition) is 2. The second kappa shape index (κ2) is 6.08.